The lowest BCUT2D eigenvalue weighted by Crippen LogP contribution is -2.20. The molecule has 0 heterocycles. The lowest BCUT2D eigenvalue weighted by molar-refractivity contribution is 0.333. The Balaban J connectivity index is 0.000000173. The molecule has 0 saturated heterocycles. The van der Waals surface area contributed by atoms with Gasteiger partial charge in [0.05, 0.1) is 0 Å². The van der Waals surface area contributed by atoms with Crippen LogP contribution in [0, 0.1) is 11.8 Å². The van der Waals surface area contributed by atoms with Crippen LogP contribution in [-0.2, 0) is 0 Å². The number of hydrogen-bond acceptors (Lipinski definition) is 2. The minimum atomic E-state index is 0. The van der Waals surface area contributed by atoms with Gasteiger partial charge in [-0.2, -0.15) is 13.5 Å². The Hall–Kier alpha value is -1.61. The molecule has 2 aromatic carbocycles. The summed E-state index contributed by atoms with van der Waals surface area (Å²) >= 11 is 0. The predicted molar refractivity (Wildman–Crippen MR) is 115 cm³/mol. The molecule has 0 unspecified atom stereocenters. The van der Waals surface area contributed by atoms with Crippen LogP contribution in [0.15, 0.2) is 60.7 Å². The molecule has 2 aliphatic rings. The van der Waals surface area contributed by atoms with E-state index in [2.05, 4.69) is 71.3 Å². The molecule has 0 amide bonds. The highest BCUT2D eigenvalue weighted by atomic mass is 32.1. The summed E-state index contributed by atoms with van der Waals surface area (Å²) in [6.45, 7) is 2.31. The Bertz CT molecular complexity index is 512. The van der Waals surface area contributed by atoms with Gasteiger partial charge in [0.2, 0.25) is 0 Å². The molecule has 3 heteroatoms. The van der Waals surface area contributed by atoms with Gasteiger partial charge >= 0.3 is 0 Å². The van der Waals surface area contributed by atoms with E-state index in [1.807, 2.05) is 0 Å². The van der Waals surface area contributed by atoms with Gasteiger partial charge < -0.3 is 10.6 Å². The van der Waals surface area contributed by atoms with Crippen LogP contribution in [0.5, 0.6) is 0 Å². The van der Waals surface area contributed by atoms with Gasteiger partial charge in [0, 0.05) is 24.5 Å². The van der Waals surface area contributed by atoms with Gasteiger partial charge in [-0.05, 0) is 61.8 Å². The van der Waals surface area contributed by atoms with Gasteiger partial charge in [0.25, 0.3) is 0 Å². The van der Waals surface area contributed by atoms with Gasteiger partial charge in [-0.25, -0.2) is 0 Å². The number of anilines is 2. The highest BCUT2D eigenvalue weighted by Crippen LogP contribution is 2.27. The molecule has 2 aliphatic carbocycles. The zero-order chi connectivity index (χ0) is 16.5. The third kappa shape index (κ3) is 7.03. The minimum Gasteiger partial charge on any atom is -0.385 e. The average Bonchev–Trinajstić information content (AvgIpc) is 2.55. The number of para-hydroxylation sites is 2. The summed E-state index contributed by atoms with van der Waals surface area (Å²) in [5, 5.41) is 6.89. The van der Waals surface area contributed by atoms with Gasteiger partial charge in [0.15, 0.2) is 0 Å². The van der Waals surface area contributed by atoms with Crippen molar-refractivity contribution in [1.29, 1.82) is 0 Å². The molecular formula is C22H32N2S. The highest BCUT2D eigenvalue weighted by Gasteiger charge is 2.16. The average molecular weight is 357 g/mol. The molecule has 0 radical (unpaired) electrons. The third-order valence-corrected chi connectivity index (χ3v) is 5.19. The van der Waals surface area contributed by atoms with Gasteiger partial charge in [-0.15, -0.1) is 0 Å². The minimum absolute atomic E-state index is 0. The maximum atomic E-state index is 3.45. The topological polar surface area (TPSA) is 24.1 Å². The largest absolute Gasteiger partial charge is 0.385 e. The number of nitrogens with one attached hydrogen (secondary N) is 2. The summed E-state index contributed by atoms with van der Waals surface area (Å²) in [6, 6.07) is 20.9. The Morgan fingerprint density at radius 3 is 1.24 bits per heavy atom. The van der Waals surface area contributed by atoms with Crippen molar-refractivity contribution in [1.82, 2.24) is 0 Å². The molecule has 4 rings (SSSR count). The third-order valence-electron chi connectivity index (χ3n) is 5.19. The maximum absolute atomic E-state index is 3.45. The lowest BCUT2D eigenvalue weighted by atomic mass is 9.85. The first-order chi connectivity index (χ1) is 11.9. The Labute approximate surface area is 159 Å². The van der Waals surface area contributed by atoms with E-state index in [0.29, 0.717) is 0 Å². The molecule has 25 heavy (non-hydrogen) atoms. The summed E-state index contributed by atoms with van der Waals surface area (Å²) in [5.41, 5.74) is 2.51. The number of rotatable bonds is 6. The maximum Gasteiger partial charge on any atom is 0.0340 e. The van der Waals surface area contributed by atoms with E-state index in [1.54, 1.807) is 0 Å². The molecule has 2 fully saturated rings. The van der Waals surface area contributed by atoms with Crippen LogP contribution in [0.25, 0.3) is 0 Å². The van der Waals surface area contributed by atoms with E-state index >= 15 is 0 Å². The lowest BCUT2D eigenvalue weighted by Gasteiger charge is -2.25. The van der Waals surface area contributed by atoms with Crippen molar-refractivity contribution in [3.63, 3.8) is 0 Å². The molecule has 0 aliphatic heterocycles. The standard InChI is InChI=1S/2C11H15N.H2S/c2*1-2-7-11(8-3-1)12-9-10-5-4-6-10;/h2*1-3,7-8,10,12H,4-6,9H2;1H2. The molecule has 0 spiro atoms. The van der Waals surface area contributed by atoms with E-state index in [9.17, 15) is 0 Å². The van der Waals surface area contributed by atoms with Crippen LogP contribution in [0.1, 0.15) is 38.5 Å². The predicted octanol–water partition coefficient (Wildman–Crippen LogP) is 5.91. The second-order valence-electron chi connectivity index (χ2n) is 7.09. The second-order valence-corrected chi connectivity index (χ2v) is 7.09. The second kappa shape index (κ2) is 11.1. The zero-order valence-corrected chi connectivity index (χ0v) is 16.1. The zero-order valence-electron chi connectivity index (χ0n) is 15.1. The summed E-state index contributed by atoms with van der Waals surface area (Å²) < 4.78 is 0. The van der Waals surface area contributed by atoms with Crippen molar-refractivity contribution in [3.05, 3.63) is 60.7 Å². The molecule has 2 N–H and O–H groups in total. The first-order valence-corrected chi connectivity index (χ1v) is 9.48. The molecule has 136 valence electrons. The first-order valence-electron chi connectivity index (χ1n) is 9.48. The summed E-state index contributed by atoms with van der Waals surface area (Å²) in [6.07, 6.45) is 8.53. The molecule has 2 aromatic rings. The van der Waals surface area contributed by atoms with Crippen LogP contribution < -0.4 is 10.6 Å². The fourth-order valence-corrected chi connectivity index (χ4v) is 3.03. The van der Waals surface area contributed by atoms with Gasteiger partial charge in [-0.1, -0.05) is 49.2 Å². The Kier molecular flexibility index (Phi) is 8.75. The van der Waals surface area contributed by atoms with Crippen LogP contribution in [0.4, 0.5) is 11.4 Å². The highest BCUT2D eigenvalue weighted by molar-refractivity contribution is 7.59. The monoisotopic (exact) mass is 356 g/mol. The fourth-order valence-electron chi connectivity index (χ4n) is 3.03. The number of benzene rings is 2. The Morgan fingerprint density at radius 1 is 0.600 bits per heavy atom. The normalized spacial score (nSPS) is 16.3. The van der Waals surface area contributed by atoms with E-state index in [1.165, 1.54) is 49.9 Å². The first kappa shape index (κ1) is 19.7. The van der Waals surface area contributed by atoms with E-state index in [-0.39, 0.29) is 13.5 Å². The smallest absolute Gasteiger partial charge is 0.0340 e. The van der Waals surface area contributed by atoms with Crippen LogP contribution >= 0.6 is 13.5 Å². The molecule has 2 nitrogen and oxygen atoms in total. The Morgan fingerprint density at radius 2 is 0.960 bits per heavy atom. The quantitative estimate of drug-likeness (QED) is 0.672. The van der Waals surface area contributed by atoms with Crippen molar-refractivity contribution >= 4 is 24.9 Å². The van der Waals surface area contributed by atoms with Crippen LogP contribution in [0.3, 0.4) is 0 Å². The summed E-state index contributed by atoms with van der Waals surface area (Å²) in [5.74, 6) is 1.87. The van der Waals surface area contributed by atoms with E-state index in [4.69, 9.17) is 0 Å². The van der Waals surface area contributed by atoms with Crippen molar-refractivity contribution in [3.8, 4) is 0 Å². The van der Waals surface area contributed by atoms with Crippen molar-refractivity contribution in [2.75, 3.05) is 23.7 Å². The van der Waals surface area contributed by atoms with Gasteiger partial charge in [-0.3, -0.25) is 0 Å². The number of hydrogen-bond donors (Lipinski definition) is 2. The van der Waals surface area contributed by atoms with Crippen molar-refractivity contribution in [2.45, 2.75) is 38.5 Å². The van der Waals surface area contributed by atoms with E-state index < -0.39 is 0 Å². The van der Waals surface area contributed by atoms with Crippen LogP contribution in [-0.4, -0.2) is 13.1 Å². The summed E-state index contributed by atoms with van der Waals surface area (Å²) in [4.78, 5) is 0. The van der Waals surface area contributed by atoms with Crippen molar-refractivity contribution < 1.29 is 0 Å². The van der Waals surface area contributed by atoms with Gasteiger partial charge in [0.1, 0.15) is 0 Å². The molecule has 0 atom stereocenters. The fraction of sp³-hybridized carbons (Fsp3) is 0.455. The SMILES string of the molecule is S.c1ccc(NCC2CCC2)cc1.c1ccc(NCC2CCC2)cc1. The molecule has 2 saturated carbocycles. The van der Waals surface area contributed by atoms with Crippen LogP contribution in [0.2, 0.25) is 0 Å². The molecular weight excluding hydrogens is 324 g/mol. The molecule has 0 bridgehead atoms. The van der Waals surface area contributed by atoms with Crippen molar-refractivity contribution in [2.24, 2.45) is 11.8 Å². The molecule has 0 aromatic heterocycles. The van der Waals surface area contributed by atoms with E-state index in [0.717, 1.165) is 24.9 Å². The summed E-state index contributed by atoms with van der Waals surface area (Å²) in [7, 11) is 0.